The van der Waals surface area contributed by atoms with Crippen LogP contribution in [0.15, 0.2) is 22.6 Å². The second-order valence-corrected chi connectivity index (χ2v) is 7.36. The minimum Gasteiger partial charge on any atom is -0.461 e. The normalized spacial score (nSPS) is 22.0. The maximum absolute atomic E-state index is 11.9. The van der Waals surface area contributed by atoms with Gasteiger partial charge >= 0.3 is 0 Å². The fourth-order valence-electron chi connectivity index (χ4n) is 2.34. The van der Waals surface area contributed by atoms with E-state index < -0.39 is 6.04 Å². The van der Waals surface area contributed by atoms with Crippen molar-refractivity contribution in [2.24, 2.45) is 5.92 Å². The Balaban J connectivity index is 1.84. The molecule has 23 heavy (non-hydrogen) atoms. The number of hydrogen-bond acceptors (Lipinski definition) is 3. The van der Waals surface area contributed by atoms with E-state index in [0.717, 1.165) is 12.2 Å². The molecule has 1 heterocycles. The lowest BCUT2D eigenvalue weighted by atomic mass is 10.1. The monoisotopic (exact) mass is 318 g/mol. The fourth-order valence-corrected chi connectivity index (χ4v) is 2.34. The van der Waals surface area contributed by atoms with Gasteiger partial charge in [-0.1, -0.05) is 6.92 Å². The molecule has 0 aliphatic heterocycles. The van der Waals surface area contributed by atoms with Gasteiger partial charge in [0.2, 0.25) is 11.8 Å². The average molecular weight is 318 g/mol. The van der Waals surface area contributed by atoms with E-state index >= 15 is 0 Å². The summed E-state index contributed by atoms with van der Waals surface area (Å²) in [5.41, 5.74) is -0.323. The first-order valence-corrected chi connectivity index (χ1v) is 8.06. The molecule has 5 nitrogen and oxygen atoms in total. The molecule has 2 N–H and O–H groups in total. The molecule has 0 spiro atoms. The van der Waals surface area contributed by atoms with Crippen molar-refractivity contribution in [1.29, 1.82) is 0 Å². The SMILES string of the molecule is CC(NC(=O)C=Cc1ccc(C2CC2C)o1)C(=O)NC(C)(C)C. The third-order valence-electron chi connectivity index (χ3n) is 3.77. The van der Waals surface area contributed by atoms with Crippen LogP contribution in [0, 0.1) is 5.92 Å². The summed E-state index contributed by atoms with van der Waals surface area (Å²) in [5, 5.41) is 5.47. The predicted octanol–water partition coefficient (Wildman–Crippen LogP) is 2.84. The van der Waals surface area contributed by atoms with Crippen LogP contribution in [-0.2, 0) is 9.59 Å². The van der Waals surface area contributed by atoms with Crippen molar-refractivity contribution in [1.82, 2.24) is 10.6 Å². The van der Waals surface area contributed by atoms with Crippen LogP contribution in [-0.4, -0.2) is 23.4 Å². The Bertz CT molecular complexity index is 610. The minimum atomic E-state index is -0.592. The van der Waals surface area contributed by atoms with Crippen molar-refractivity contribution in [2.75, 3.05) is 0 Å². The third kappa shape index (κ3) is 5.27. The van der Waals surface area contributed by atoms with Gasteiger partial charge in [-0.3, -0.25) is 9.59 Å². The van der Waals surface area contributed by atoms with E-state index in [-0.39, 0.29) is 17.4 Å². The van der Waals surface area contributed by atoms with E-state index in [4.69, 9.17) is 4.42 Å². The molecule has 1 aliphatic carbocycles. The molecule has 1 saturated carbocycles. The van der Waals surface area contributed by atoms with Gasteiger partial charge in [-0.15, -0.1) is 0 Å². The number of hydrogen-bond donors (Lipinski definition) is 2. The van der Waals surface area contributed by atoms with Gasteiger partial charge in [-0.2, -0.15) is 0 Å². The minimum absolute atomic E-state index is 0.206. The highest BCUT2D eigenvalue weighted by Gasteiger charge is 2.36. The van der Waals surface area contributed by atoms with Crippen LogP contribution in [0.25, 0.3) is 6.08 Å². The van der Waals surface area contributed by atoms with Gasteiger partial charge in [0.25, 0.3) is 0 Å². The number of nitrogens with one attached hydrogen (secondary N) is 2. The molecule has 2 amide bonds. The Hall–Kier alpha value is -2.04. The van der Waals surface area contributed by atoms with Gasteiger partial charge in [-0.05, 0) is 58.2 Å². The zero-order chi connectivity index (χ0) is 17.2. The molecule has 1 aromatic rings. The molecular weight excluding hydrogens is 292 g/mol. The first-order valence-electron chi connectivity index (χ1n) is 8.06. The van der Waals surface area contributed by atoms with E-state index in [0.29, 0.717) is 17.6 Å². The number of carbonyl (C=O) groups excluding carboxylic acids is 2. The summed E-state index contributed by atoms with van der Waals surface area (Å²) in [6.07, 6.45) is 4.18. The van der Waals surface area contributed by atoms with Crippen molar-refractivity contribution in [2.45, 2.75) is 58.5 Å². The summed E-state index contributed by atoms with van der Waals surface area (Å²) < 4.78 is 5.70. The molecule has 0 radical (unpaired) electrons. The second-order valence-electron chi connectivity index (χ2n) is 7.36. The smallest absolute Gasteiger partial charge is 0.244 e. The van der Waals surface area contributed by atoms with Crippen LogP contribution in [0.4, 0.5) is 0 Å². The second kappa shape index (κ2) is 6.60. The maximum atomic E-state index is 11.9. The van der Waals surface area contributed by atoms with Crippen molar-refractivity contribution in [3.8, 4) is 0 Å². The van der Waals surface area contributed by atoms with Crippen LogP contribution in [0.3, 0.4) is 0 Å². The van der Waals surface area contributed by atoms with Gasteiger partial charge < -0.3 is 15.1 Å². The zero-order valence-corrected chi connectivity index (χ0v) is 14.5. The van der Waals surface area contributed by atoms with Gasteiger partial charge in [0.1, 0.15) is 17.6 Å². The molecule has 3 unspecified atom stereocenters. The Kier molecular flexibility index (Phi) is 4.97. The highest BCUT2D eigenvalue weighted by molar-refractivity contribution is 5.95. The van der Waals surface area contributed by atoms with Crippen LogP contribution in [0.1, 0.15) is 58.5 Å². The lowest BCUT2D eigenvalue weighted by molar-refractivity contribution is -0.127. The van der Waals surface area contributed by atoms with Gasteiger partial charge in [0, 0.05) is 17.5 Å². The maximum Gasteiger partial charge on any atom is 0.244 e. The molecule has 126 valence electrons. The van der Waals surface area contributed by atoms with Crippen molar-refractivity contribution < 1.29 is 14.0 Å². The molecule has 5 heteroatoms. The first kappa shape index (κ1) is 17.3. The van der Waals surface area contributed by atoms with Gasteiger partial charge in [-0.25, -0.2) is 0 Å². The summed E-state index contributed by atoms with van der Waals surface area (Å²) >= 11 is 0. The topological polar surface area (TPSA) is 71.3 Å². The molecular formula is C18H26N2O3. The van der Waals surface area contributed by atoms with Gasteiger partial charge in [0.05, 0.1) is 0 Å². The highest BCUT2D eigenvalue weighted by Crippen LogP contribution is 2.47. The summed E-state index contributed by atoms with van der Waals surface area (Å²) in [5.74, 6) is 2.31. The summed E-state index contributed by atoms with van der Waals surface area (Å²) in [7, 11) is 0. The van der Waals surface area contributed by atoms with E-state index in [9.17, 15) is 9.59 Å². The molecule has 1 aliphatic rings. The summed E-state index contributed by atoms with van der Waals surface area (Å²) in [6.45, 7) is 9.55. The van der Waals surface area contributed by atoms with Crippen molar-refractivity contribution >= 4 is 17.9 Å². The zero-order valence-electron chi connectivity index (χ0n) is 14.5. The van der Waals surface area contributed by atoms with E-state index in [1.807, 2.05) is 32.9 Å². The van der Waals surface area contributed by atoms with Crippen LogP contribution < -0.4 is 10.6 Å². The Morgan fingerprint density at radius 3 is 2.57 bits per heavy atom. The third-order valence-corrected chi connectivity index (χ3v) is 3.77. The molecule has 3 atom stereocenters. The summed E-state index contributed by atoms with van der Waals surface area (Å²) in [6, 6.07) is 3.23. The number of amides is 2. The van der Waals surface area contributed by atoms with Crippen molar-refractivity contribution in [3.05, 3.63) is 29.7 Å². The quantitative estimate of drug-likeness (QED) is 0.820. The van der Waals surface area contributed by atoms with E-state index in [2.05, 4.69) is 17.6 Å². The fraction of sp³-hybridized carbons (Fsp3) is 0.556. The molecule has 2 rings (SSSR count). The Labute approximate surface area is 137 Å². The van der Waals surface area contributed by atoms with E-state index in [1.54, 1.807) is 13.0 Å². The largest absolute Gasteiger partial charge is 0.461 e. The Morgan fingerprint density at radius 1 is 1.35 bits per heavy atom. The van der Waals surface area contributed by atoms with Crippen LogP contribution in [0.5, 0.6) is 0 Å². The first-order chi connectivity index (χ1) is 10.7. The Morgan fingerprint density at radius 2 is 2.00 bits per heavy atom. The molecule has 0 saturated heterocycles. The molecule has 1 fully saturated rings. The van der Waals surface area contributed by atoms with Gasteiger partial charge in [0.15, 0.2) is 0 Å². The standard InChI is InChI=1S/C18H26N2O3/c1-11-10-14(11)15-8-6-13(23-15)7-9-16(21)19-12(2)17(22)20-18(3,4)5/h6-9,11-12,14H,10H2,1-5H3,(H,19,21)(H,20,22). The lowest BCUT2D eigenvalue weighted by Gasteiger charge is -2.23. The molecule has 1 aromatic heterocycles. The average Bonchev–Trinajstić information content (AvgIpc) is 2.98. The lowest BCUT2D eigenvalue weighted by Crippen LogP contribution is -2.50. The van der Waals surface area contributed by atoms with Crippen molar-refractivity contribution in [3.63, 3.8) is 0 Å². The number of rotatable bonds is 5. The number of furan rings is 1. The molecule has 0 aromatic carbocycles. The molecule has 0 bridgehead atoms. The van der Waals surface area contributed by atoms with Crippen LogP contribution in [0.2, 0.25) is 0 Å². The summed E-state index contributed by atoms with van der Waals surface area (Å²) in [4.78, 5) is 23.8. The van der Waals surface area contributed by atoms with E-state index in [1.165, 1.54) is 6.08 Å². The highest BCUT2D eigenvalue weighted by atomic mass is 16.3. The van der Waals surface area contributed by atoms with Crippen LogP contribution >= 0.6 is 0 Å². The predicted molar refractivity (Wildman–Crippen MR) is 89.8 cm³/mol. The number of carbonyl (C=O) groups is 2.